The molecule has 0 aliphatic carbocycles. The number of imidazole rings is 1. The molecule has 0 N–H and O–H groups in total. The van der Waals surface area contributed by atoms with Gasteiger partial charge >= 0.3 is 0 Å². The zero-order chi connectivity index (χ0) is 20.7. The Kier molecular flexibility index (Phi) is 4.86. The second kappa shape index (κ2) is 7.55. The van der Waals surface area contributed by atoms with E-state index in [0.29, 0.717) is 17.0 Å². The minimum Gasteiger partial charge on any atom is -0.337 e. The molecule has 0 saturated carbocycles. The normalized spacial score (nSPS) is 21.9. The number of aromatic nitrogens is 2. The number of carbonyl (C=O) groups excluding carboxylic acids is 1. The predicted molar refractivity (Wildman–Crippen MR) is 119 cm³/mol. The number of carbonyl (C=O) groups is 1. The van der Waals surface area contributed by atoms with Crippen molar-refractivity contribution in [2.24, 2.45) is 5.41 Å². The zero-order valence-corrected chi connectivity index (χ0v) is 17.9. The van der Waals surface area contributed by atoms with Gasteiger partial charge < -0.3 is 14.2 Å². The summed E-state index contributed by atoms with van der Waals surface area (Å²) in [6.45, 7) is 5.93. The molecule has 5 nitrogen and oxygen atoms in total. The van der Waals surface area contributed by atoms with Gasteiger partial charge in [0.1, 0.15) is 11.3 Å². The quantitative estimate of drug-likeness (QED) is 0.651. The van der Waals surface area contributed by atoms with Gasteiger partial charge in [0.05, 0.1) is 0 Å². The molecule has 0 bridgehead atoms. The Morgan fingerprint density at radius 2 is 1.83 bits per heavy atom. The molecule has 0 radical (unpaired) electrons. The molecule has 2 saturated heterocycles. The molecule has 2 aromatic heterocycles. The molecule has 2 fully saturated rings. The van der Waals surface area contributed by atoms with E-state index in [2.05, 4.69) is 47.3 Å². The second-order valence-electron chi connectivity index (χ2n) is 9.32. The predicted octanol–water partition coefficient (Wildman–Crippen LogP) is 3.98. The van der Waals surface area contributed by atoms with Gasteiger partial charge in [0.25, 0.3) is 5.91 Å². The van der Waals surface area contributed by atoms with Crippen LogP contribution >= 0.6 is 0 Å². The van der Waals surface area contributed by atoms with E-state index in [9.17, 15) is 4.79 Å². The van der Waals surface area contributed by atoms with Crippen LogP contribution < -0.4 is 0 Å². The largest absolute Gasteiger partial charge is 0.337 e. The number of rotatable bonds is 2. The molecule has 5 heteroatoms. The van der Waals surface area contributed by atoms with E-state index in [4.69, 9.17) is 0 Å². The summed E-state index contributed by atoms with van der Waals surface area (Å²) in [4.78, 5) is 22.2. The standard InChI is InChI=1S/C25H30N4O/c1-19-7-6-10-23-26-22(17-29(19)23)24(30)28-13-11-25(12-14-28)15-21(16-27(2)18-25)20-8-4-3-5-9-20/h3-10,17,21H,11-16,18H2,1-2H3. The Morgan fingerprint density at radius 3 is 2.57 bits per heavy atom. The SMILES string of the molecule is Cc1cccc2nc(C(=O)N3CCC4(CC3)CC(c3ccccc3)CN(C)C4)cn12. The van der Waals surface area contributed by atoms with E-state index in [0.717, 1.165) is 50.4 Å². The Labute approximate surface area is 178 Å². The van der Waals surface area contributed by atoms with Crippen molar-refractivity contribution >= 4 is 11.6 Å². The maximum absolute atomic E-state index is 13.1. The van der Waals surface area contributed by atoms with Crippen molar-refractivity contribution in [3.05, 3.63) is 71.7 Å². The number of hydrogen-bond donors (Lipinski definition) is 0. The molecule has 1 aromatic carbocycles. The summed E-state index contributed by atoms with van der Waals surface area (Å²) in [6.07, 6.45) is 5.24. The van der Waals surface area contributed by atoms with Crippen LogP contribution in [0.15, 0.2) is 54.7 Å². The van der Waals surface area contributed by atoms with Crippen LogP contribution in [0.25, 0.3) is 5.65 Å². The van der Waals surface area contributed by atoms with Gasteiger partial charge in [0.2, 0.25) is 0 Å². The number of piperidine rings is 2. The van der Waals surface area contributed by atoms with Crippen LogP contribution in [-0.4, -0.2) is 58.3 Å². The Hall–Kier alpha value is -2.66. The molecular formula is C25H30N4O. The van der Waals surface area contributed by atoms with Gasteiger partial charge in [-0.2, -0.15) is 0 Å². The molecule has 1 spiro atoms. The molecule has 1 atom stereocenters. The average molecular weight is 403 g/mol. The van der Waals surface area contributed by atoms with Crippen molar-refractivity contribution in [1.29, 1.82) is 0 Å². The minimum atomic E-state index is 0.0664. The summed E-state index contributed by atoms with van der Waals surface area (Å²) < 4.78 is 2.00. The fraction of sp³-hybridized carbons (Fsp3) is 0.440. The van der Waals surface area contributed by atoms with Crippen LogP contribution in [0.2, 0.25) is 0 Å². The molecule has 4 heterocycles. The van der Waals surface area contributed by atoms with Crippen molar-refractivity contribution < 1.29 is 4.79 Å². The van der Waals surface area contributed by atoms with Crippen molar-refractivity contribution in [2.45, 2.75) is 32.1 Å². The molecule has 30 heavy (non-hydrogen) atoms. The highest BCUT2D eigenvalue weighted by atomic mass is 16.2. The van der Waals surface area contributed by atoms with E-state index in [1.54, 1.807) is 0 Å². The molecule has 1 unspecified atom stereocenters. The number of amides is 1. The maximum Gasteiger partial charge on any atom is 0.274 e. The lowest BCUT2D eigenvalue weighted by Crippen LogP contribution is -2.51. The smallest absolute Gasteiger partial charge is 0.274 e. The maximum atomic E-state index is 13.1. The van der Waals surface area contributed by atoms with E-state index in [-0.39, 0.29) is 5.91 Å². The molecule has 2 aliphatic heterocycles. The highest BCUT2D eigenvalue weighted by molar-refractivity contribution is 5.93. The first kappa shape index (κ1) is 19.3. The van der Waals surface area contributed by atoms with Crippen LogP contribution in [0.1, 0.15) is 46.9 Å². The number of aryl methyl sites for hydroxylation is 1. The van der Waals surface area contributed by atoms with Crippen LogP contribution in [0.4, 0.5) is 0 Å². The van der Waals surface area contributed by atoms with E-state index in [1.165, 1.54) is 12.0 Å². The molecule has 3 aromatic rings. The monoisotopic (exact) mass is 402 g/mol. The van der Waals surface area contributed by atoms with Crippen LogP contribution in [-0.2, 0) is 0 Å². The number of likely N-dealkylation sites (N-methyl/N-ethyl adjacent to an activating group) is 1. The third kappa shape index (κ3) is 3.52. The Bertz CT molecular complexity index is 1050. The van der Waals surface area contributed by atoms with Gasteiger partial charge in [-0.1, -0.05) is 36.4 Å². The number of benzene rings is 1. The van der Waals surface area contributed by atoms with Gasteiger partial charge in [-0.3, -0.25) is 4.79 Å². The first-order valence-electron chi connectivity index (χ1n) is 11.0. The van der Waals surface area contributed by atoms with Crippen molar-refractivity contribution in [2.75, 3.05) is 33.2 Å². The topological polar surface area (TPSA) is 40.9 Å². The summed E-state index contributed by atoms with van der Waals surface area (Å²) >= 11 is 0. The summed E-state index contributed by atoms with van der Waals surface area (Å²) in [5.74, 6) is 0.644. The summed E-state index contributed by atoms with van der Waals surface area (Å²) in [5.41, 5.74) is 4.24. The number of hydrogen-bond acceptors (Lipinski definition) is 3. The van der Waals surface area contributed by atoms with E-state index in [1.807, 2.05) is 40.6 Å². The Balaban J connectivity index is 1.30. The van der Waals surface area contributed by atoms with Crippen molar-refractivity contribution in [3.8, 4) is 0 Å². The van der Waals surface area contributed by atoms with E-state index >= 15 is 0 Å². The second-order valence-corrected chi connectivity index (χ2v) is 9.32. The van der Waals surface area contributed by atoms with Gasteiger partial charge in [-0.25, -0.2) is 4.98 Å². The first-order valence-corrected chi connectivity index (χ1v) is 11.0. The summed E-state index contributed by atoms with van der Waals surface area (Å²) in [6, 6.07) is 16.9. The number of nitrogens with zero attached hydrogens (tertiary/aromatic N) is 4. The van der Waals surface area contributed by atoms with Gasteiger partial charge in [0, 0.05) is 38.1 Å². The highest BCUT2D eigenvalue weighted by Gasteiger charge is 2.42. The summed E-state index contributed by atoms with van der Waals surface area (Å²) in [5, 5.41) is 0. The number of pyridine rings is 1. The molecule has 5 rings (SSSR count). The van der Waals surface area contributed by atoms with Crippen molar-refractivity contribution in [3.63, 3.8) is 0 Å². The van der Waals surface area contributed by atoms with Crippen LogP contribution in [0.5, 0.6) is 0 Å². The van der Waals surface area contributed by atoms with E-state index < -0.39 is 0 Å². The lowest BCUT2D eigenvalue weighted by molar-refractivity contribution is 0.0222. The molecule has 2 aliphatic rings. The molecule has 1 amide bonds. The number of fused-ring (bicyclic) bond motifs is 1. The molecular weight excluding hydrogens is 372 g/mol. The zero-order valence-electron chi connectivity index (χ0n) is 17.9. The first-order chi connectivity index (χ1) is 14.5. The fourth-order valence-electron chi connectivity index (χ4n) is 5.57. The fourth-order valence-corrected chi connectivity index (χ4v) is 5.57. The average Bonchev–Trinajstić information content (AvgIpc) is 3.20. The Morgan fingerprint density at radius 1 is 1.07 bits per heavy atom. The van der Waals surface area contributed by atoms with Gasteiger partial charge in [-0.15, -0.1) is 0 Å². The third-order valence-corrected chi connectivity index (χ3v) is 7.11. The number of likely N-dealkylation sites (tertiary alicyclic amines) is 2. The minimum absolute atomic E-state index is 0.0664. The van der Waals surface area contributed by atoms with Crippen LogP contribution in [0, 0.1) is 12.3 Å². The van der Waals surface area contributed by atoms with Crippen molar-refractivity contribution in [1.82, 2.24) is 19.2 Å². The van der Waals surface area contributed by atoms with Gasteiger partial charge in [-0.05, 0) is 62.3 Å². The summed E-state index contributed by atoms with van der Waals surface area (Å²) in [7, 11) is 2.24. The lowest BCUT2D eigenvalue weighted by atomic mass is 9.68. The van der Waals surface area contributed by atoms with Gasteiger partial charge in [0.15, 0.2) is 0 Å². The lowest BCUT2D eigenvalue weighted by Gasteiger charge is -2.49. The highest BCUT2D eigenvalue weighted by Crippen LogP contribution is 2.44. The van der Waals surface area contributed by atoms with Crippen LogP contribution in [0.3, 0.4) is 0 Å². The third-order valence-electron chi connectivity index (χ3n) is 7.11. The molecule has 156 valence electrons.